The molecule has 162 valence electrons. The maximum atomic E-state index is 5.28. The van der Waals surface area contributed by atoms with Crippen LogP contribution in [0.5, 0.6) is 0 Å². The molecule has 1 aromatic rings. The Kier molecular flexibility index (Phi) is 16.3. The average Bonchev–Trinajstić information content (AvgIpc) is 2.64. The second kappa shape index (κ2) is 16.9. The van der Waals surface area contributed by atoms with E-state index in [-0.39, 0.29) is 12.4 Å². The zero-order valence-electron chi connectivity index (χ0n) is 18.7. The third-order valence-corrected chi connectivity index (χ3v) is 5.38. The van der Waals surface area contributed by atoms with Gasteiger partial charge in [0.2, 0.25) is 0 Å². The van der Waals surface area contributed by atoms with E-state index in [2.05, 4.69) is 51.9 Å². The van der Waals surface area contributed by atoms with E-state index in [4.69, 9.17) is 4.74 Å². The van der Waals surface area contributed by atoms with Crippen LogP contribution in [0.2, 0.25) is 0 Å². The second-order valence-corrected chi connectivity index (χ2v) is 8.60. The molecule has 0 radical (unpaired) electrons. The summed E-state index contributed by atoms with van der Waals surface area (Å²) < 4.78 is 6.21. The van der Waals surface area contributed by atoms with Gasteiger partial charge in [0.15, 0.2) is 0 Å². The van der Waals surface area contributed by atoms with Crippen molar-refractivity contribution in [3.05, 3.63) is 48.2 Å². The molecule has 1 rings (SSSR count). The van der Waals surface area contributed by atoms with E-state index < -0.39 is 0 Å². The van der Waals surface area contributed by atoms with E-state index in [0.29, 0.717) is 0 Å². The summed E-state index contributed by atoms with van der Waals surface area (Å²) in [5, 5.41) is 0. The van der Waals surface area contributed by atoms with Gasteiger partial charge in [-0.3, -0.25) is 0 Å². The van der Waals surface area contributed by atoms with Gasteiger partial charge >= 0.3 is 0 Å². The number of hydrogen-bond acceptors (Lipinski definition) is 1. The SMILES string of the molecule is C=COCC[N+](C)(C)Cc1ccc(CCCCCCCCCCCC)cc1.[Cl-]. The van der Waals surface area contributed by atoms with E-state index in [0.717, 1.165) is 24.2 Å². The Morgan fingerprint density at radius 2 is 1.32 bits per heavy atom. The number of halogens is 1. The van der Waals surface area contributed by atoms with Gasteiger partial charge in [-0.05, 0) is 18.4 Å². The van der Waals surface area contributed by atoms with Crippen molar-refractivity contribution >= 4 is 0 Å². The lowest BCUT2D eigenvalue weighted by Crippen LogP contribution is -3.00. The van der Waals surface area contributed by atoms with Gasteiger partial charge in [0.05, 0.1) is 20.4 Å². The quantitative estimate of drug-likeness (QED) is 0.215. The summed E-state index contributed by atoms with van der Waals surface area (Å²) in [4.78, 5) is 0. The minimum Gasteiger partial charge on any atom is -1.00 e. The Morgan fingerprint density at radius 3 is 1.86 bits per heavy atom. The van der Waals surface area contributed by atoms with Crippen LogP contribution >= 0.6 is 0 Å². The number of likely N-dealkylation sites (N-methyl/N-ethyl adjacent to an activating group) is 1. The maximum absolute atomic E-state index is 5.28. The second-order valence-electron chi connectivity index (χ2n) is 8.60. The maximum Gasteiger partial charge on any atom is 0.136 e. The molecule has 0 aromatic heterocycles. The molecule has 0 fully saturated rings. The molecule has 3 heteroatoms. The van der Waals surface area contributed by atoms with E-state index >= 15 is 0 Å². The first-order valence-corrected chi connectivity index (χ1v) is 11.2. The van der Waals surface area contributed by atoms with Gasteiger partial charge in [-0.1, -0.05) is 95.6 Å². The zero-order valence-corrected chi connectivity index (χ0v) is 19.5. The highest BCUT2D eigenvalue weighted by Crippen LogP contribution is 2.15. The minimum absolute atomic E-state index is 0. The number of aryl methyl sites for hydroxylation is 1. The standard InChI is InChI=1S/C25H44NO.ClH/c1-5-7-8-9-10-11-12-13-14-15-16-24-17-19-25(20-18-24)23-26(3,4)21-22-27-6-2;/h6,17-20H,2,5,7-16,21-23H2,1,3-4H3;1H/q+1;/p-1. The lowest BCUT2D eigenvalue weighted by molar-refractivity contribution is -0.903. The highest BCUT2D eigenvalue weighted by Gasteiger charge is 2.15. The molecule has 0 unspecified atom stereocenters. The predicted octanol–water partition coefficient (Wildman–Crippen LogP) is 3.89. The zero-order chi connectivity index (χ0) is 19.8. The topological polar surface area (TPSA) is 9.23 Å². The molecule has 0 atom stereocenters. The molecule has 0 saturated heterocycles. The van der Waals surface area contributed by atoms with Crippen LogP contribution < -0.4 is 12.4 Å². The van der Waals surface area contributed by atoms with Crippen molar-refractivity contribution in [3.8, 4) is 0 Å². The van der Waals surface area contributed by atoms with Gasteiger partial charge in [0.25, 0.3) is 0 Å². The van der Waals surface area contributed by atoms with Crippen molar-refractivity contribution in [3.63, 3.8) is 0 Å². The number of rotatable bonds is 17. The summed E-state index contributed by atoms with van der Waals surface area (Å²) in [7, 11) is 4.51. The fourth-order valence-electron chi connectivity index (χ4n) is 3.58. The molecule has 0 saturated carbocycles. The molecule has 0 aliphatic carbocycles. The Balaban J connectivity index is 0.00000729. The minimum atomic E-state index is 0. The number of nitrogens with zero attached hydrogens (tertiary/aromatic N) is 1. The molecule has 0 spiro atoms. The summed E-state index contributed by atoms with van der Waals surface area (Å²) in [5.41, 5.74) is 2.89. The summed E-state index contributed by atoms with van der Waals surface area (Å²) in [6.07, 6.45) is 16.8. The molecular weight excluding hydrogens is 366 g/mol. The van der Waals surface area contributed by atoms with Crippen molar-refractivity contribution < 1.29 is 21.6 Å². The molecule has 0 bridgehead atoms. The van der Waals surface area contributed by atoms with Crippen molar-refractivity contribution in [1.82, 2.24) is 0 Å². The number of ether oxygens (including phenoxy) is 1. The third kappa shape index (κ3) is 14.1. The van der Waals surface area contributed by atoms with Crippen LogP contribution in [0.3, 0.4) is 0 Å². The molecule has 0 aliphatic heterocycles. The molecule has 1 aromatic carbocycles. The number of quaternary nitrogens is 1. The van der Waals surface area contributed by atoms with Gasteiger partial charge in [-0.2, -0.15) is 0 Å². The van der Waals surface area contributed by atoms with Gasteiger partial charge in [-0.25, -0.2) is 0 Å². The molecule has 2 nitrogen and oxygen atoms in total. The van der Waals surface area contributed by atoms with Gasteiger partial charge < -0.3 is 21.6 Å². The van der Waals surface area contributed by atoms with Gasteiger partial charge in [0.1, 0.15) is 19.7 Å². The summed E-state index contributed by atoms with van der Waals surface area (Å²) in [6.45, 7) is 8.65. The fourth-order valence-corrected chi connectivity index (χ4v) is 3.58. The normalized spacial score (nSPS) is 11.1. The Morgan fingerprint density at radius 1 is 0.821 bits per heavy atom. The highest BCUT2D eigenvalue weighted by molar-refractivity contribution is 5.22. The third-order valence-electron chi connectivity index (χ3n) is 5.38. The average molecular weight is 410 g/mol. The predicted molar refractivity (Wildman–Crippen MR) is 119 cm³/mol. The van der Waals surface area contributed by atoms with Crippen LogP contribution in [-0.2, 0) is 17.7 Å². The molecule has 0 amide bonds. The first kappa shape index (κ1) is 27.0. The fraction of sp³-hybridized carbons (Fsp3) is 0.680. The smallest absolute Gasteiger partial charge is 0.136 e. The summed E-state index contributed by atoms with van der Waals surface area (Å²) in [6, 6.07) is 9.26. The summed E-state index contributed by atoms with van der Waals surface area (Å²) >= 11 is 0. The van der Waals surface area contributed by atoms with Crippen molar-refractivity contribution in [2.75, 3.05) is 27.2 Å². The Labute approximate surface area is 181 Å². The monoisotopic (exact) mass is 409 g/mol. The number of unbranched alkanes of at least 4 members (excludes halogenated alkanes) is 9. The largest absolute Gasteiger partial charge is 1.00 e. The molecular formula is C25H44ClNO. The van der Waals surface area contributed by atoms with Crippen LogP contribution in [0.1, 0.15) is 82.3 Å². The van der Waals surface area contributed by atoms with Gasteiger partial charge in [-0.15, -0.1) is 0 Å². The molecule has 28 heavy (non-hydrogen) atoms. The van der Waals surface area contributed by atoms with E-state index in [9.17, 15) is 0 Å². The van der Waals surface area contributed by atoms with E-state index in [1.165, 1.54) is 88.0 Å². The van der Waals surface area contributed by atoms with Crippen molar-refractivity contribution in [1.29, 1.82) is 0 Å². The molecule has 0 N–H and O–H groups in total. The van der Waals surface area contributed by atoms with Crippen LogP contribution in [-0.4, -0.2) is 31.7 Å². The number of benzene rings is 1. The van der Waals surface area contributed by atoms with E-state index in [1.54, 1.807) is 0 Å². The van der Waals surface area contributed by atoms with Crippen molar-refractivity contribution in [2.24, 2.45) is 0 Å². The van der Waals surface area contributed by atoms with Crippen LogP contribution in [0.25, 0.3) is 0 Å². The first-order valence-electron chi connectivity index (χ1n) is 11.2. The number of hydrogen-bond donors (Lipinski definition) is 0. The molecule has 0 aliphatic rings. The first-order chi connectivity index (χ1) is 13.1. The Hall–Kier alpha value is -0.990. The van der Waals surface area contributed by atoms with Gasteiger partial charge in [0, 0.05) is 5.56 Å². The van der Waals surface area contributed by atoms with Crippen LogP contribution in [0.4, 0.5) is 0 Å². The van der Waals surface area contributed by atoms with Crippen LogP contribution in [0, 0.1) is 0 Å². The lowest BCUT2D eigenvalue weighted by Gasteiger charge is -2.29. The Bertz CT molecular complexity index is 484. The van der Waals surface area contributed by atoms with Crippen molar-refractivity contribution in [2.45, 2.75) is 84.1 Å². The lowest BCUT2D eigenvalue weighted by atomic mass is 10.0. The summed E-state index contributed by atoms with van der Waals surface area (Å²) in [5.74, 6) is 0. The molecule has 0 heterocycles. The van der Waals surface area contributed by atoms with E-state index in [1.807, 2.05) is 0 Å². The van der Waals surface area contributed by atoms with Crippen LogP contribution in [0.15, 0.2) is 37.1 Å². The highest BCUT2D eigenvalue weighted by atomic mass is 35.5.